The van der Waals surface area contributed by atoms with Gasteiger partial charge in [0, 0.05) is 6.54 Å². The molecule has 0 radical (unpaired) electrons. The van der Waals surface area contributed by atoms with E-state index in [1.54, 1.807) is 6.20 Å². The Morgan fingerprint density at radius 2 is 2.26 bits per heavy atom. The van der Waals surface area contributed by atoms with Crippen LogP contribution in [0.2, 0.25) is 0 Å². The van der Waals surface area contributed by atoms with Gasteiger partial charge in [0.2, 0.25) is 12.3 Å². The molecule has 0 atom stereocenters. The number of fused-ring (bicyclic) bond motifs is 1. The lowest BCUT2D eigenvalue weighted by Gasteiger charge is -2.07. The van der Waals surface area contributed by atoms with E-state index in [1.807, 2.05) is 6.92 Å². The first-order chi connectivity index (χ1) is 9.36. The molecular formula is C10H12N8O. The van der Waals surface area contributed by atoms with Gasteiger partial charge in [0.15, 0.2) is 11.5 Å². The summed E-state index contributed by atoms with van der Waals surface area (Å²) in [6, 6.07) is 0. The maximum atomic E-state index is 4.67. The quantitative estimate of drug-likeness (QED) is 0.616. The molecule has 98 valence electrons. The summed E-state index contributed by atoms with van der Waals surface area (Å²) in [5, 5.41) is 17.5. The van der Waals surface area contributed by atoms with Crippen LogP contribution in [0.1, 0.15) is 12.7 Å². The minimum absolute atomic E-state index is 0.416. The average molecular weight is 260 g/mol. The maximum absolute atomic E-state index is 4.67. The second-order valence-corrected chi connectivity index (χ2v) is 3.76. The highest BCUT2D eigenvalue weighted by Crippen LogP contribution is 2.20. The van der Waals surface area contributed by atoms with Gasteiger partial charge in [-0.1, -0.05) is 5.16 Å². The Bertz CT molecular complexity index is 661. The number of nitrogens with zero attached hydrogens (tertiary/aromatic N) is 5. The fourth-order valence-electron chi connectivity index (χ4n) is 1.64. The smallest absolute Gasteiger partial charge is 0.226 e. The predicted molar refractivity (Wildman–Crippen MR) is 67.5 cm³/mol. The molecule has 9 heteroatoms. The number of hydrogen-bond donors (Lipinski definition) is 3. The van der Waals surface area contributed by atoms with Crippen molar-refractivity contribution in [2.24, 2.45) is 0 Å². The minimum Gasteiger partial charge on any atom is -0.362 e. The zero-order valence-corrected chi connectivity index (χ0v) is 10.2. The SMILES string of the molecule is CCNc1nc(NCc2ncon2)c2cn[nH]c2n1. The second-order valence-electron chi connectivity index (χ2n) is 3.76. The molecule has 3 rings (SSSR count). The third-order valence-electron chi connectivity index (χ3n) is 2.47. The Labute approximate surface area is 107 Å². The molecule has 3 heterocycles. The van der Waals surface area contributed by atoms with Crippen molar-refractivity contribution >= 4 is 22.8 Å². The van der Waals surface area contributed by atoms with Crippen molar-refractivity contribution in [1.29, 1.82) is 0 Å². The first-order valence-corrected chi connectivity index (χ1v) is 5.81. The Balaban J connectivity index is 1.89. The van der Waals surface area contributed by atoms with Gasteiger partial charge in [-0.05, 0) is 6.92 Å². The van der Waals surface area contributed by atoms with Crippen molar-refractivity contribution in [3.63, 3.8) is 0 Å². The van der Waals surface area contributed by atoms with E-state index in [1.165, 1.54) is 6.39 Å². The molecule has 0 saturated carbocycles. The fourth-order valence-corrected chi connectivity index (χ4v) is 1.64. The molecule has 0 fully saturated rings. The van der Waals surface area contributed by atoms with Gasteiger partial charge in [-0.15, -0.1) is 0 Å². The molecule has 0 aliphatic heterocycles. The van der Waals surface area contributed by atoms with Crippen molar-refractivity contribution in [2.75, 3.05) is 17.2 Å². The van der Waals surface area contributed by atoms with E-state index in [-0.39, 0.29) is 0 Å². The third-order valence-corrected chi connectivity index (χ3v) is 2.47. The summed E-state index contributed by atoms with van der Waals surface area (Å²) in [5.74, 6) is 1.76. The van der Waals surface area contributed by atoms with Gasteiger partial charge in [-0.3, -0.25) is 5.10 Å². The molecule has 0 spiro atoms. The zero-order chi connectivity index (χ0) is 13.1. The minimum atomic E-state index is 0.416. The first-order valence-electron chi connectivity index (χ1n) is 5.81. The largest absolute Gasteiger partial charge is 0.362 e. The van der Waals surface area contributed by atoms with Gasteiger partial charge in [0.25, 0.3) is 0 Å². The van der Waals surface area contributed by atoms with Crippen molar-refractivity contribution in [3.8, 4) is 0 Å². The van der Waals surface area contributed by atoms with E-state index >= 15 is 0 Å². The van der Waals surface area contributed by atoms with Crippen LogP contribution in [0.25, 0.3) is 11.0 Å². The summed E-state index contributed by atoms with van der Waals surface area (Å²) in [4.78, 5) is 12.6. The first kappa shape index (κ1) is 11.4. The zero-order valence-electron chi connectivity index (χ0n) is 10.2. The number of aromatic amines is 1. The Kier molecular flexibility index (Phi) is 2.93. The molecule has 0 amide bonds. The molecule has 19 heavy (non-hydrogen) atoms. The number of rotatable bonds is 5. The van der Waals surface area contributed by atoms with Gasteiger partial charge in [-0.2, -0.15) is 20.1 Å². The fraction of sp³-hybridized carbons (Fsp3) is 0.300. The van der Waals surface area contributed by atoms with Crippen molar-refractivity contribution in [1.82, 2.24) is 30.3 Å². The van der Waals surface area contributed by atoms with Gasteiger partial charge in [0.05, 0.1) is 18.1 Å². The highest BCUT2D eigenvalue weighted by atomic mass is 16.5. The normalized spacial score (nSPS) is 10.8. The summed E-state index contributed by atoms with van der Waals surface area (Å²) >= 11 is 0. The van der Waals surface area contributed by atoms with Crippen molar-refractivity contribution in [3.05, 3.63) is 18.4 Å². The molecule has 3 aromatic rings. The van der Waals surface area contributed by atoms with Crippen LogP contribution < -0.4 is 10.6 Å². The maximum Gasteiger partial charge on any atom is 0.226 e. The van der Waals surface area contributed by atoms with E-state index in [0.29, 0.717) is 29.8 Å². The number of aromatic nitrogens is 6. The van der Waals surface area contributed by atoms with E-state index < -0.39 is 0 Å². The van der Waals surface area contributed by atoms with Crippen LogP contribution in [0.5, 0.6) is 0 Å². The van der Waals surface area contributed by atoms with Crippen LogP contribution in [0.15, 0.2) is 17.1 Å². The number of nitrogens with one attached hydrogen (secondary N) is 3. The lowest BCUT2D eigenvalue weighted by atomic mass is 10.4. The molecule has 0 aliphatic rings. The van der Waals surface area contributed by atoms with Crippen LogP contribution in [0.4, 0.5) is 11.8 Å². The highest BCUT2D eigenvalue weighted by molar-refractivity contribution is 5.86. The van der Waals surface area contributed by atoms with E-state index in [2.05, 4.69) is 45.5 Å². The average Bonchev–Trinajstić information content (AvgIpc) is 3.07. The third kappa shape index (κ3) is 2.30. The Morgan fingerprint density at radius 3 is 3.05 bits per heavy atom. The van der Waals surface area contributed by atoms with Crippen LogP contribution in [-0.4, -0.2) is 36.9 Å². The summed E-state index contributed by atoms with van der Waals surface area (Å²) < 4.78 is 4.67. The Hall–Kier alpha value is -2.71. The second kappa shape index (κ2) is 4.88. The van der Waals surface area contributed by atoms with Crippen LogP contribution >= 0.6 is 0 Å². The van der Waals surface area contributed by atoms with E-state index in [9.17, 15) is 0 Å². The lowest BCUT2D eigenvalue weighted by molar-refractivity contribution is 0.411. The summed E-state index contributed by atoms with van der Waals surface area (Å²) in [7, 11) is 0. The topological polar surface area (TPSA) is 117 Å². The molecule has 0 aromatic carbocycles. The lowest BCUT2D eigenvalue weighted by Crippen LogP contribution is -2.07. The molecule has 0 aliphatic carbocycles. The molecular weight excluding hydrogens is 248 g/mol. The summed E-state index contributed by atoms with van der Waals surface area (Å²) in [6.07, 6.45) is 2.96. The van der Waals surface area contributed by atoms with Gasteiger partial charge >= 0.3 is 0 Å². The van der Waals surface area contributed by atoms with Crippen LogP contribution in [-0.2, 0) is 6.54 Å². The van der Waals surface area contributed by atoms with Crippen molar-refractivity contribution < 1.29 is 4.52 Å². The van der Waals surface area contributed by atoms with Gasteiger partial charge in [0.1, 0.15) is 5.82 Å². The van der Waals surface area contributed by atoms with Gasteiger partial charge in [-0.25, -0.2) is 0 Å². The predicted octanol–water partition coefficient (Wildman–Crippen LogP) is 0.780. The standard InChI is InChI=1S/C10H12N8O/c1-2-11-10-15-8(6-3-14-17-9(6)16-10)12-4-7-13-5-19-18-7/h3,5H,2,4H2,1H3,(H3,11,12,14,15,16,17). The molecule has 0 saturated heterocycles. The summed E-state index contributed by atoms with van der Waals surface area (Å²) in [5.41, 5.74) is 0.668. The molecule has 0 unspecified atom stereocenters. The Morgan fingerprint density at radius 1 is 1.32 bits per heavy atom. The molecule has 3 N–H and O–H groups in total. The molecule has 9 nitrogen and oxygen atoms in total. The number of anilines is 2. The number of hydrogen-bond acceptors (Lipinski definition) is 8. The van der Waals surface area contributed by atoms with E-state index in [0.717, 1.165) is 11.9 Å². The number of H-pyrrole nitrogens is 1. The van der Waals surface area contributed by atoms with Crippen LogP contribution in [0, 0.1) is 0 Å². The molecule has 0 bridgehead atoms. The van der Waals surface area contributed by atoms with E-state index in [4.69, 9.17) is 0 Å². The van der Waals surface area contributed by atoms with Crippen molar-refractivity contribution in [2.45, 2.75) is 13.5 Å². The summed E-state index contributed by atoms with van der Waals surface area (Å²) in [6.45, 7) is 3.14. The monoisotopic (exact) mass is 260 g/mol. The van der Waals surface area contributed by atoms with Gasteiger partial charge < -0.3 is 15.2 Å². The van der Waals surface area contributed by atoms with Crippen LogP contribution in [0.3, 0.4) is 0 Å². The highest BCUT2D eigenvalue weighted by Gasteiger charge is 2.09. The molecule has 3 aromatic heterocycles.